The molecule has 2 aliphatic heterocycles. The van der Waals surface area contributed by atoms with Crippen molar-refractivity contribution in [3.05, 3.63) is 60.3 Å². The Hall–Kier alpha value is -3.21. The maximum Gasteiger partial charge on any atom is 0.173 e. The first-order valence-corrected chi connectivity index (χ1v) is 8.75. The summed E-state index contributed by atoms with van der Waals surface area (Å²) in [5, 5.41) is 3.36. The number of pyridine rings is 1. The van der Waals surface area contributed by atoms with Gasteiger partial charge in [-0.05, 0) is 17.7 Å². The first-order valence-electron chi connectivity index (χ1n) is 8.75. The highest BCUT2D eigenvalue weighted by Crippen LogP contribution is 2.41. The molecule has 1 aromatic heterocycles. The number of hydrogen-bond donors (Lipinski definition) is 1. The van der Waals surface area contributed by atoms with Gasteiger partial charge in [0.05, 0.1) is 6.61 Å². The Morgan fingerprint density at radius 3 is 2.58 bits per heavy atom. The zero-order valence-corrected chi connectivity index (χ0v) is 14.2. The number of rotatable bonds is 3. The molecule has 1 N–H and O–H groups in total. The van der Waals surface area contributed by atoms with E-state index < -0.39 is 0 Å². The minimum Gasteiger partial charge on any atom is -0.489 e. The second-order valence-corrected chi connectivity index (χ2v) is 6.28. The molecule has 0 atom stereocenters. The fourth-order valence-electron chi connectivity index (χ4n) is 3.40. The maximum absolute atomic E-state index is 5.90. The van der Waals surface area contributed by atoms with Gasteiger partial charge in [0.25, 0.3) is 0 Å². The summed E-state index contributed by atoms with van der Waals surface area (Å²) < 4.78 is 17.1. The SMILES string of the molecule is c1ccc(-c2cnc(Nc3ccc4c(c3)OCCO4)c3c2CCO3)cc1. The summed E-state index contributed by atoms with van der Waals surface area (Å²) in [6.45, 7) is 1.83. The molecule has 130 valence electrons. The van der Waals surface area contributed by atoms with Gasteiger partial charge in [-0.15, -0.1) is 0 Å². The molecular weight excluding hydrogens is 328 g/mol. The molecule has 5 rings (SSSR count). The van der Waals surface area contributed by atoms with Crippen molar-refractivity contribution >= 4 is 11.5 Å². The largest absolute Gasteiger partial charge is 0.489 e. The Bertz CT molecular complexity index is 957. The molecule has 3 aromatic rings. The lowest BCUT2D eigenvalue weighted by molar-refractivity contribution is 0.171. The van der Waals surface area contributed by atoms with E-state index in [2.05, 4.69) is 22.4 Å². The Morgan fingerprint density at radius 2 is 1.69 bits per heavy atom. The number of nitrogens with zero attached hydrogens (tertiary/aromatic N) is 1. The van der Waals surface area contributed by atoms with Crippen LogP contribution in [0, 0.1) is 0 Å². The van der Waals surface area contributed by atoms with E-state index in [4.69, 9.17) is 14.2 Å². The van der Waals surface area contributed by atoms with Crippen LogP contribution in [0.5, 0.6) is 17.2 Å². The van der Waals surface area contributed by atoms with Gasteiger partial charge in [0.15, 0.2) is 23.1 Å². The van der Waals surface area contributed by atoms with Crippen LogP contribution in [0.4, 0.5) is 11.5 Å². The summed E-state index contributed by atoms with van der Waals surface area (Å²) in [5.41, 5.74) is 4.39. The van der Waals surface area contributed by atoms with Crippen LogP contribution in [0.2, 0.25) is 0 Å². The second-order valence-electron chi connectivity index (χ2n) is 6.28. The van der Waals surface area contributed by atoms with Gasteiger partial charge in [0, 0.05) is 35.5 Å². The quantitative estimate of drug-likeness (QED) is 0.770. The van der Waals surface area contributed by atoms with Crippen LogP contribution in [0.25, 0.3) is 11.1 Å². The van der Waals surface area contributed by atoms with Crippen molar-refractivity contribution in [3.63, 3.8) is 0 Å². The van der Waals surface area contributed by atoms with Crippen molar-refractivity contribution in [2.24, 2.45) is 0 Å². The summed E-state index contributed by atoms with van der Waals surface area (Å²) >= 11 is 0. The molecule has 0 radical (unpaired) electrons. The van der Waals surface area contributed by atoms with Crippen molar-refractivity contribution in [1.29, 1.82) is 0 Å². The van der Waals surface area contributed by atoms with Crippen molar-refractivity contribution in [2.45, 2.75) is 6.42 Å². The van der Waals surface area contributed by atoms with Gasteiger partial charge in [-0.2, -0.15) is 0 Å². The third-order valence-electron chi connectivity index (χ3n) is 4.63. The topological polar surface area (TPSA) is 52.6 Å². The van der Waals surface area contributed by atoms with Gasteiger partial charge in [-0.25, -0.2) is 4.98 Å². The van der Waals surface area contributed by atoms with E-state index in [9.17, 15) is 0 Å². The fraction of sp³-hybridized carbons (Fsp3) is 0.190. The van der Waals surface area contributed by atoms with Crippen LogP contribution in [0.1, 0.15) is 5.56 Å². The van der Waals surface area contributed by atoms with Crippen molar-refractivity contribution in [3.8, 4) is 28.4 Å². The number of fused-ring (bicyclic) bond motifs is 2. The van der Waals surface area contributed by atoms with Crippen LogP contribution in [-0.4, -0.2) is 24.8 Å². The third-order valence-corrected chi connectivity index (χ3v) is 4.63. The Kier molecular flexibility index (Phi) is 3.63. The normalized spacial score (nSPS) is 14.5. The number of hydrogen-bond acceptors (Lipinski definition) is 5. The van der Waals surface area contributed by atoms with Crippen LogP contribution in [0.15, 0.2) is 54.7 Å². The minimum absolute atomic E-state index is 0.568. The average Bonchev–Trinajstić information content (AvgIpc) is 3.19. The number of nitrogens with one attached hydrogen (secondary N) is 1. The summed E-state index contributed by atoms with van der Waals surface area (Å²) in [6.07, 6.45) is 2.81. The van der Waals surface area contributed by atoms with Gasteiger partial charge >= 0.3 is 0 Å². The van der Waals surface area contributed by atoms with Crippen LogP contribution in [0.3, 0.4) is 0 Å². The van der Waals surface area contributed by atoms with Gasteiger partial charge in [0.1, 0.15) is 13.2 Å². The molecule has 0 unspecified atom stereocenters. The van der Waals surface area contributed by atoms with Crippen LogP contribution < -0.4 is 19.5 Å². The number of aromatic nitrogens is 1. The van der Waals surface area contributed by atoms with E-state index in [1.165, 1.54) is 5.56 Å². The highest BCUT2D eigenvalue weighted by atomic mass is 16.6. The predicted octanol–water partition coefficient (Wildman–Crippen LogP) is 4.20. The molecule has 0 bridgehead atoms. The zero-order chi connectivity index (χ0) is 17.3. The van der Waals surface area contributed by atoms with E-state index in [1.54, 1.807) is 0 Å². The monoisotopic (exact) mass is 346 g/mol. The molecule has 26 heavy (non-hydrogen) atoms. The summed E-state index contributed by atoms with van der Waals surface area (Å²) in [5.74, 6) is 3.09. The van der Waals surface area contributed by atoms with E-state index in [-0.39, 0.29) is 0 Å². The molecule has 0 amide bonds. The molecule has 0 saturated carbocycles. The molecule has 5 nitrogen and oxygen atoms in total. The average molecular weight is 346 g/mol. The predicted molar refractivity (Wildman–Crippen MR) is 99.6 cm³/mol. The molecule has 3 heterocycles. The van der Waals surface area contributed by atoms with E-state index in [1.807, 2.05) is 42.6 Å². The maximum atomic E-state index is 5.90. The Labute approximate surface area is 151 Å². The van der Waals surface area contributed by atoms with Gasteiger partial charge in [-0.3, -0.25) is 0 Å². The van der Waals surface area contributed by atoms with Crippen LogP contribution in [-0.2, 0) is 6.42 Å². The number of anilines is 2. The summed E-state index contributed by atoms with van der Waals surface area (Å²) in [6, 6.07) is 16.1. The molecule has 0 aliphatic carbocycles. The molecule has 2 aliphatic rings. The molecule has 0 fully saturated rings. The molecule has 0 saturated heterocycles. The molecule has 0 spiro atoms. The Morgan fingerprint density at radius 1 is 0.846 bits per heavy atom. The highest BCUT2D eigenvalue weighted by molar-refractivity contribution is 5.76. The first-order chi connectivity index (χ1) is 12.9. The summed E-state index contributed by atoms with van der Waals surface area (Å²) in [7, 11) is 0. The molecular formula is C21H18N2O3. The second kappa shape index (κ2) is 6.26. The smallest absolute Gasteiger partial charge is 0.173 e. The number of benzene rings is 2. The lowest BCUT2D eigenvalue weighted by Crippen LogP contribution is -2.15. The first kappa shape index (κ1) is 15.1. The van der Waals surface area contributed by atoms with Gasteiger partial charge in [-0.1, -0.05) is 30.3 Å². The van der Waals surface area contributed by atoms with Crippen LogP contribution >= 0.6 is 0 Å². The fourth-order valence-corrected chi connectivity index (χ4v) is 3.40. The van der Waals surface area contributed by atoms with Gasteiger partial charge in [0.2, 0.25) is 0 Å². The molecule has 2 aromatic carbocycles. The summed E-state index contributed by atoms with van der Waals surface area (Å²) in [4.78, 5) is 4.63. The lowest BCUT2D eigenvalue weighted by atomic mass is 10.0. The van der Waals surface area contributed by atoms with Crippen molar-refractivity contribution < 1.29 is 14.2 Å². The van der Waals surface area contributed by atoms with E-state index in [0.29, 0.717) is 19.8 Å². The van der Waals surface area contributed by atoms with Gasteiger partial charge < -0.3 is 19.5 Å². The zero-order valence-electron chi connectivity index (χ0n) is 14.2. The lowest BCUT2D eigenvalue weighted by Gasteiger charge is -2.19. The van der Waals surface area contributed by atoms with E-state index in [0.717, 1.165) is 46.3 Å². The standard InChI is InChI=1S/C21H18N2O3/c1-2-4-14(5-3-1)17-13-22-21(20-16(17)8-9-26-20)23-15-6-7-18-19(12-15)25-11-10-24-18/h1-7,12-13H,8-11H2,(H,22,23). The third kappa shape index (κ3) is 2.62. The van der Waals surface area contributed by atoms with E-state index >= 15 is 0 Å². The Balaban J connectivity index is 1.50. The molecule has 5 heteroatoms. The van der Waals surface area contributed by atoms with Crippen molar-refractivity contribution in [2.75, 3.05) is 25.1 Å². The minimum atomic E-state index is 0.568. The number of ether oxygens (including phenoxy) is 3. The highest BCUT2D eigenvalue weighted by Gasteiger charge is 2.23. The van der Waals surface area contributed by atoms with Crippen molar-refractivity contribution in [1.82, 2.24) is 4.98 Å².